The first-order valence-corrected chi connectivity index (χ1v) is 7.02. The van der Waals surface area contributed by atoms with E-state index in [4.69, 9.17) is 9.47 Å². The lowest BCUT2D eigenvalue weighted by Gasteiger charge is -2.17. The molecule has 6 nitrogen and oxygen atoms in total. The Morgan fingerprint density at radius 3 is 3.00 bits per heavy atom. The van der Waals surface area contributed by atoms with E-state index >= 15 is 0 Å². The van der Waals surface area contributed by atoms with Crippen molar-refractivity contribution >= 4 is 5.91 Å². The highest BCUT2D eigenvalue weighted by Gasteiger charge is 2.17. The van der Waals surface area contributed by atoms with Crippen LogP contribution in [0.25, 0.3) is 0 Å². The van der Waals surface area contributed by atoms with Crippen LogP contribution in [0.3, 0.4) is 0 Å². The van der Waals surface area contributed by atoms with Gasteiger partial charge in [0.1, 0.15) is 0 Å². The molecular formula is C13H26N2O4. The Balaban J connectivity index is 2.03. The van der Waals surface area contributed by atoms with Gasteiger partial charge in [-0.05, 0) is 26.7 Å². The number of hydrogen-bond acceptors (Lipinski definition) is 5. The molecule has 1 saturated heterocycles. The molecule has 1 aliphatic heterocycles. The van der Waals surface area contributed by atoms with Gasteiger partial charge in [-0.2, -0.15) is 0 Å². The zero-order valence-corrected chi connectivity index (χ0v) is 11.9. The average molecular weight is 274 g/mol. The molecule has 0 aromatic carbocycles. The summed E-state index contributed by atoms with van der Waals surface area (Å²) in [5.74, 6) is -0.0602. The van der Waals surface area contributed by atoms with Crippen molar-refractivity contribution in [3.8, 4) is 0 Å². The molecule has 0 aromatic rings. The van der Waals surface area contributed by atoms with Crippen molar-refractivity contribution in [2.24, 2.45) is 0 Å². The number of carbonyl (C=O) groups is 1. The molecule has 0 saturated carbocycles. The van der Waals surface area contributed by atoms with Crippen LogP contribution >= 0.6 is 0 Å². The summed E-state index contributed by atoms with van der Waals surface area (Å²) in [6, 6.07) is -0.312. The second kappa shape index (κ2) is 9.25. The molecule has 112 valence electrons. The van der Waals surface area contributed by atoms with Crippen LogP contribution in [-0.2, 0) is 14.3 Å². The minimum Gasteiger partial charge on any atom is -0.389 e. The van der Waals surface area contributed by atoms with Crippen molar-refractivity contribution < 1.29 is 19.4 Å². The van der Waals surface area contributed by atoms with Gasteiger partial charge in [-0.1, -0.05) is 0 Å². The van der Waals surface area contributed by atoms with E-state index in [1.807, 2.05) is 6.92 Å². The van der Waals surface area contributed by atoms with Gasteiger partial charge in [0.2, 0.25) is 5.91 Å². The summed E-state index contributed by atoms with van der Waals surface area (Å²) in [7, 11) is 0. The van der Waals surface area contributed by atoms with Gasteiger partial charge in [0.05, 0.1) is 31.5 Å². The molecule has 3 N–H and O–H groups in total. The fraction of sp³-hybridized carbons (Fsp3) is 0.923. The third-order valence-corrected chi connectivity index (χ3v) is 3.04. The van der Waals surface area contributed by atoms with E-state index in [9.17, 15) is 9.90 Å². The Morgan fingerprint density at radius 1 is 1.58 bits per heavy atom. The summed E-state index contributed by atoms with van der Waals surface area (Å²) >= 11 is 0. The molecule has 0 aliphatic carbocycles. The fourth-order valence-corrected chi connectivity index (χ4v) is 1.90. The van der Waals surface area contributed by atoms with Crippen molar-refractivity contribution in [3.05, 3.63) is 0 Å². The van der Waals surface area contributed by atoms with Gasteiger partial charge in [0.15, 0.2) is 0 Å². The van der Waals surface area contributed by atoms with Crippen LogP contribution in [0, 0.1) is 0 Å². The predicted octanol–water partition coefficient (Wildman–Crippen LogP) is -0.343. The van der Waals surface area contributed by atoms with Crippen molar-refractivity contribution in [2.75, 3.05) is 32.9 Å². The molecule has 6 heteroatoms. The van der Waals surface area contributed by atoms with Crippen LogP contribution < -0.4 is 10.6 Å². The monoisotopic (exact) mass is 274 g/mol. The molecule has 1 amide bonds. The lowest BCUT2D eigenvalue weighted by Crippen LogP contribution is -2.45. The first-order valence-electron chi connectivity index (χ1n) is 7.02. The van der Waals surface area contributed by atoms with E-state index in [1.165, 1.54) is 0 Å². The minimum absolute atomic E-state index is 0.0602. The number of carbonyl (C=O) groups excluding carboxylic acids is 1. The molecule has 0 bridgehead atoms. The summed E-state index contributed by atoms with van der Waals surface area (Å²) in [6.07, 6.45) is 1.68. The highest BCUT2D eigenvalue weighted by molar-refractivity contribution is 5.81. The van der Waals surface area contributed by atoms with Gasteiger partial charge in [-0.25, -0.2) is 0 Å². The molecule has 1 rings (SSSR count). The van der Waals surface area contributed by atoms with Crippen LogP contribution in [0.1, 0.15) is 26.7 Å². The number of nitrogens with one attached hydrogen (secondary N) is 2. The third-order valence-electron chi connectivity index (χ3n) is 3.04. The number of likely N-dealkylation sites (N-methyl/N-ethyl adjacent to an activating group) is 1. The number of hydrogen-bond donors (Lipinski definition) is 3. The van der Waals surface area contributed by atoms with Crippen LogP contribution in [0.5, 0.6) is 0 Å². The molecule has 0 spiro atoms. The molecule has 1 fully saturated rings. The molecule has 1 aliphatic rings. The molecule has 0 radical (unpaired) electrons. The molecule has 3 atom stereocenters. The highest BCUT2D eigenvalue weighted by Crippen LogP contribution is 2.11. The van der Waals surface area contributed by atoms with Crippen molar-refractivity contribution in [1.82, 2.24) is 10.6 Å². The first-order chi connectivity index (χ1) is 9.13. The Morgan fingerprint density at radius 2 is 2.37 bits per heavy atom. The van der Waals surface area contributed by atoms with E-state index in [1.54, 1.807) is 6.92 Å². The van der Waals surface area contributed by atoms with E-state index in [2.05, 4.69) is 10.6 Å². The molecular weight excluding hydrogens is 248 g/mol. The average Bonchev–Trinajstić information content (AvgIpc) is 2.89. The number of aliphatic hydroxyl groups is 1. The maximum atomic E-state index is 11.4. The van der Waals surface area contributed by atoms with E-state index < -0.39 is 6.10 Å². The van der Waals surface area contributed by atoms with Crippen LogP contribution in [0.2, 0.25) is 0 Å². The number of ether oxygens (including phenoxy) is 2. The summed E-state index contributed by atoms with van der Waals surface area (Å²) in [5.41, 5.74) is 0. The summed E-state index contributed by atoms with van der Waals surface area (Å²) in [5, 5.41) is 15.4. The first kappa shape index (κ1) is 16.4. The Hall–Kier alpha value is -0.690. The number of amides is 1. The second-order valence-electron chi connectivity index (χ2n) is 4.85. The Labute approximate surface area is 114 Å². The van der Waals surface area contributed by atoms with Gasteiger partial charge in [-0.3, -0.25) is 4.79 Å². The summed E-state index contributed by atoms with van der Waals surface area (Å²) < 4.78 is 10.8. The SMILES string of the molecule is CCNC(=O)C(C)NCC(O)COCC1CCCO1. The minimum atomic E-state index is -0.613. The van der Waals surface area contributed by atoms with Gasteiger partial charge in [-0.15, -0.1) is 0 Å². The quantitative estimate of drug-likeness (QED) is 0.536. The van der Waals surface area contributed by atoms with E-state index in [0.29, 0.717) is 19.7 Å². The summed E-state index contributed by atoms with van der Waals surface area (Å²) in [4.78, 5) is 11.4. The number of rotatable bonds is 9. The molecule has 19 heavy (non-hydrogen) atoms. The standard InChI is InChI=1S/C13H26N2O4/c1-3-14-13(17)10(2)15-7-11(16)8-18-9-12-5-4-6-19-12/h10-12,15-16H,3-9H2,1-2H3,(H,14,17). The van der Waals surface area contributed by atoms with Crippen molar-refractivity contribution in [1.29, 1.82) is 0 Å². The molecule has 3 unspecified atom stereocenters. The molecule has 0 aromatic heterocycles. The zero-order valence-electron chi connectivity index (χ0n) is 11.9. The fourth-order valence-electron chi connectivity index (χ4n) is 1.90. The van der Waals surface area contributed by atoms with Gasteiger partial charge in [0, 0.05) is 19.7 Å². The summed E-state index contributed by atoms with van der Waals surface area (Å²) in [6.45, 7) is 6.19. The Kier molecular flexibility index (Phi) is 7.97. The lowest BCUT2D eigenvalue weighted by atomic mass is 10.2. The maximum Gasteiger partial charge on any atom is 0.236 e. The topological polar surface area (TPSA) is 79.8 Å². The number of aliphatic hydroxyl groups excluding tert-OH is 1. The molecule has 1 heterocycles. The highest BCUT2D eigenvalue weighted by atomic mass is 16.5. The largest absolute Gasteiger partial charge is 0.389 e. The third kappa shape index (κ3) is 6.87. The van der Waals surface area contributed by atoms with Gasteiger partial charge in [0.25, 0.3) is 0 Å². The van der Waals surface area contributed by atoms with Crippen molar-refractivity contribution in [3.63, 3.8) is 0 Å². The van der Waals surface area contributed by atoms with Crippen LogP contribution in [-0.4, -0.2) is 62.2 Å². The maximum absolute atomic E-state index is 11.4. The van der Waals surface area contributed by atoms with E-state index in [-0.39, 0.29) is 24.7 Å². The zero-order chi connectivity index (χ0) is 14.1. The van der Waals surface area contributed by atoms with Gasteiger partial charge < -0.3 is 25.2 Å². The van der Waals surface area contributed by atoms with E-state index in [0.717, 1.165) is 19.4 Å². The second-order valence-corrected chi connectivity index (χ2v) is 4.85. The normalized spacial score (nSPS) is 22.2. The van der Waals surface area contributed by atoms with Crippen LogP contribution in [0.15, 0.2) is 0 Å². The Bertz CT molecular complexity index is 257. The van der Waals surface area contributed by atoms with Crippen LogP contribution in [0.4, 0.5) is 0 Å². The predicted molar refractivity (Wildman–Crippen MR) is 71.9 cm³/mol. The van der Waals surface area contributed by atoms with Crippen molar-refractivity contribution in [2.45, 2.75) is 44.9 Å². The lowest BCUT2D eigenvalue weighted by molar-refractivity contribution is -0.122. The smallest absolute Gasteiger partial charge is 0.236 e. The van der Waals surface area contributed by atoms with Gasteiger partial charge >= 0.3 is 0 Å².